The molecule has 1 rings (SSSR count). The molecule has 1 nitrogen and oxygen atoms in total. The van der Waals surface area contributed by atoms with Crippen molar-refractivity contribution in [3.8, 4) is 0 Å². The van der Waals surface area contributed by atoms with Crippen molar-refractivity contribution in [3.63, 3.8) is 0 Å². The molecule has 1 fully saturated rings. The molecule has 1 aliphatic rings. The Hall–Kier alpha value is 1.04. The van der Waals surface area contributed by atoms with Gasteiger partial charge in [-0.05, 0) is 12.3 Å². The molecule has 0 unspecified atom stereocenters. The van der Waals surface area contributed by atoms with Gasteiger partial charge < -0.3 is 4.18 Å². The third kappa shape index (κ3) is 3.44. The van der Waals surface area contributed by atoms with Gasteiger partial charge in [-0.3, -0.25) is 0 Å². The molecule has 0 aromatic rings. The molecule has 0 aromatic heterocycles. The Balaban J connectivity index is 1.91. The molecule has 0 spiro atoms. The van der Waals surface area contributed by atoms with Crippen LogP contribution in [-0.4, -0.2) is 6.61 Å². The van der Waals surface area contributed by atoms with Gasteiger partial charge in [-0.15, -0.1) is 0 Å². The number of hydrogen-bond acceptors (Lipinski definition) is 2. The third-order valence-electron chi connectivity index (χ3n) is 2.13. The van der Waals surface area contributed by atoms with E-state index in [1.165, 1.54) is 41.3 Å². The SMILES string of the molecule is ISOCCC1CCCC1. The molecular formula is C7H13IOS. The van der Waals surface area contributed by atoms with Crippen molar-refractivity contribution in [2.24, 2.45) is 5.92 Å². The van der Waals surface area contributed by atoms with Crippen LogP contribution in [-0.2, 0) is 4.18 Å². The Morgan fingerprint density at radius 3 is 2.70 bits per heavy atom. The second kappa shape index (κ2) is 5.66. The fraction of sp³-hybridized carbons (Fsp3) is 1.00. The maximum Gasteiger partial charge on any atom is 0.0650 e. The van der Waals surface area contributed by atoms with Gasteiger partial charge in [-0.25, -0.2) is 0 Å². The van der Waals surface area contributed by atoms with Gasteiger partial charge in [0.15, 0.2) is 0 Å². The monoisotopic (exact) mass is 272 g/mol. The summed E-state index contributed by atoms with van der Waals surface area (Å²) in [6, 6.07) is 0. The molecule has 60 valence electrons. The van der Waals surface area contributed by atoms with Gasteiger partial charge in [0.05, 0.1) is 15.8 Å². The summed E-state index contributed by atoms with van der Waals surface area (Å²) in [6.45, 7) is 0.943. The van der Waals surface area contributed by atoms with E-state index in [-0.39, 0.29) is 0 Å². The normalized spacial score (nSPS) is 20.1. The first-order valence-corrected chi connectivity index (χ1v) is 7.12. The Bertz CT molecular complexity index is 83.7. The van der Waals surface area contributed by atoms with Crippen LogP contribution in [0.15, 0.2) is 0 Å². The third-order valence-corrected chi connectivity index (χ3v) is 3.15. The second-order valence-corrected chi connectivity index (χ2v) is 4.26. The van der Waals surface area contributed by atoms with Crippen LogP contribution in [0.5, 0.6) is 0 Å². The first-order valence-electron chi connectivity index (χ1n) is 3.83. The minimum absolute atomic E-state index is 0.943. The minimum Gasteiger partial charge on any atom is -0.305 e. The zero-order chi connectivity index (χ0) is 7.23. The highest BCUT2D eigenvalue weighted by atomic mass is 127. The fourth-order valence-electron chi connectivity index (χ4n) is 1.55. The van der Waals surface area contributed by atoms with Gasteiger partial charge in [0.25, 0.3) is 0 Å². The quantitative estimate of drug-likeness (QED) is 0.439. The standard InChI is InChI=1S/C7H13IOS/c8-10-9-6-5-7-3-1-2-4-7/h7H,1-6H2. The molecule has 0 saturated heterocycles. The van der Waals surface area contributed by atoms with E-state index in [9.17, 15) is 0 Å². The summed E-state index contributed by atoms with van der Waals surface area (Å²) in [4.78, 5) is 0. The van der Waals surface area contributed by atoms with Crippen molar-refractivity contribution in [1.82, 2.24) is 0 Å². The molecule has 0 radical (unpaired) electrons. The lowest BCUT2D eigenvalue weighted by atomic mass is 10.1. The Kier molecular flexibility index (Phi) is 5.17. The fourth-order valence-corrected chi connectivity index (χ4v) is 2.24. The highest BCUT2D eigenvalue weighted by Gasteiger charge is 2.13. The van der Waals surface area contributed by atoms with Crippen LogP contribution in [0.25, 0.3) is 0 Å². The molecule has 1 aliphatic carbocycles. The second-order valence-electron chi connectivity index (χ2n) is 2.82. The van der Waals surface area contributed by atoms with E-state index in [0.29, 0.717) is 0 Å². The molecule has 0 heterocycles. The van der Waals surface area contributed by atoms with Gasteiger partial charge in [-0.2, -0.15) is 0 Å². The van der Waals surface area contributed by atoms with Gasteiger partial charge in [0.2, 0.25) is 0 Å². The molecule has 0 atom stereocenters. The van der Waals surface area contributed by atoms with E-state index in [1.807, 2.05) is 0 Å². The van der Waals surface area contributed by atoms with Crippen molar-refractivity contribution in [2.75, 3.05) is 6.61 Å². The van der Waals surface area contributed by atoms with Crippen LogP contribution in [0.2, 0.25) is 0 Å². The van der Waals surface area contributed by atoms with Gasteiger partial charge >= 0.3 is 0 Å². The van der Waals surface area contributed by atoms with Gasteiger partial charge in [0.1, 0.15) is 0 Å². The predicted molar refractivity (Wildman–Crippen MR) is 54.1 cm³/mol. The molecule has 10 heavy (non-hydrogen) atoms. The number of rotatable bonds is 4. The lowest BCUT2D eigenvalue weighted by Crippen LogP contribution is -1.96. The minimum atomic E-state index is 0.943. The van der Waals surface area contributed by atoms with Crippen molar-refractivity contribution in [2.45, 2.75) is 32.1 Å². The summed E-state index contributed by atoms with van der Waals surface area (Å²) in [5.74, 6) is 0.976. The molecule has 0 aromatic carbocycles. The Morgan fingerprint density at radius 2 is 2.10 bits per heavy atom. The maximum atomic E-state index is 5.20. The average Bonchev–Trinajstić information content (AvgIpc) is 2.41. The zero-order valence-electron chi connectivity index (χ0n) is 6.01. The van der Waals surface area contributed by atoms with Crippen LogP contribution in [0.1, 0.15) is 32.1 Å². The Morgan fingerprint density at radius 1 is 1.40 bits per heavy atom. The predicted octanol–water partition coefficient (Wildman–Crippen LogP) is 3.58. The summed E-state index contributed by atoms with van der Waals surface area (Å²) < 4.78 is 5.20. The molecule has 0 bridgehead atoms. The first kappa shape index (κ1) is 9.13. The summed E-state index contributed by atoms with van der Waals surface area (Å²) in [5.41, 5.74) is 0. The van der Waals surface area contributed by atoms with Crippen molar-refractivity contribution < 1.29 is 4.18 Å². The van der Waals surface area contributed by atoms with Crippen LogP contribution in [0, 0.1) is 5.92 Å². The van der Waals surface area contributed by atoms with Crippen LogP contribution in [0.3, 0.4) is 0 Å². The summed E-state index contributed by atoms with van der Waals surface area (Å²) in [5, 5.41) is 0. The van der Waals surface area contributed by atoms with E-state index in [0.717, 1.165) is 12.5 Å². The first-order chi connectivity index (χ1) is 4.93. The molecule has 3 heteroatoms. The maximum absolute atomic E-state index is 5.20. The number of halogens is 1. The lowest BCUT2D eigenvalue weighted by Gasteiger charge is -2.05. The van der Waals surface area contributed by atoms with Gasteiger partial charge in [0, 0.05) is 21.2 Å². The summed E-state index contributed by atoms with van der Waals surface area (Å²) >= 11 is 2.17. The average molecular weight is 272 g/mol. The molecule has 0 N–H and O–H groups in total. The molecule has 0 aliphatic heterocycles. The largest absolute Gasteiger partial charge is 0.305 e. The Labute approximate surface area is 79.1 Å². The lowest BCUT2D eigenvalue weighted by molar-refractivity contribution is 0.324. The van der Waals surface area contributed by atoms with E-state index < -0.39 is 0 Å². The van der Waals surface area contributed by atoms with E-state index >= 15 is 0 Å². The van der Waals surface area contributed by atoms with E-state index in [2.05, 4.69) is 21.2 Å². The summed E-state index contributed by atoms with van der Waals surface area (Å²) in [7, 11) is 1.45. The number of hydrogen-bond donors (Lipinski definition) is 0. The molecule has 1 saturated carbocycles. The van der Waals surface area contributed by atoms with E-state index in [4.69, 9.17) is 4.18 Å². The topological polar surface area (TPSA) is 9.23 Å². The van der Waals surface area contributed by atoms with Crippen molar-refractivity contribution >= 4 is 30.4 Å². The van der Waals surface area contributed by atoms with Crippen LogP contribution in [0.4, 0.5) is 0 Å². The van der Waals surface area contributed by atoms with Crippen molar-refractivity contribution in [3.05, 3.63) is 0 Å². The smallest absolute Gasteiger partial charge is 0.0650 e. The van der Waals surface area contributed by atoms with Crippen LogP contribution < -0.4 is 0 Å². The van der Waals surface area contributed by atoms with Gasteiger partial charge in [-0.1, -0.05) is 25.7 Å². The van der Waals surface area contributed by atoms with Crippen molar-refractivity contribution in [1.29, 1.82) is 0 Å². The highest BCUT2D eigenvalue weighted by molar-refractivity contribution is 14.2. The molecular weight excluding hydrogens is 259 g/mol. The van der Waals surface area contributed by atoms with E-state index in [1.54, 1.807) is 0 Å². The highest BCUT2D eigenvalue weighted by Crippen LogP contribution is 2.28. The molecule has 0 amide bonds. The van der Waals surface area contributed by atoms with Crippen LogP contribution >= 0.6 is 30.4 Å². The zero-order valence-corrected chi connectivity index (χ0v) is 8.99. The summed E-state index contributed by atoms with van der Waals surface area (Å²) in [6.07, 6.45) is 7.05.